The molecule has 2 nitrogen and oxygen atoms in total. The highest BCUT2D eigenvalue weighted by Crippen LogP contribution is 2.25. The number of aryl methyl sites for hydroxylation is 2. The van der Waals surface area contributed by atoms with E-state index in [2.05, 4.69) is 37.4 Å². The Bertz CT molecular complexity index is 374. The molecule has 19 heavy (non-hydrogen) atoms. The van der Waals surface area contributed by atoms with Gasteiger partial charge in [0.2, 0.25) is 0 Å². The SMILES string of the molecule is Cc1cccc(C)c1C(CO)NC1CCCCCC1. The minimum absolute atomic E-state index is 0.0873. The normalized spacial score (nSPS) is 19.1. The molecule has 0 bridgehead atoms. The van der Waals surface area contributed by atoms with Gasteiger partial charge in [-0.1, -0.05) is 43.9 Å². The first-order valence-corrected chi connectivity index (χ1v) is 7.65. The van der Waals surface area contributed by atoms with Crippen molar-refractivity contribution in [2.45, 2.75) is 64.5 Å². The molecule has 1 aliphatic carbocycles. The quantitative estimate of drug-likeness (QED) is 0.811. The first kappa shape index (κ1) is 14.5. The minimum Gasteiger partial charge on any atom is -0.394 e. The molecule has 1 saturated carbocycles. The van der Waals surface area contributed by atoms with Crippen LogP contribution in [0.5, 0.6) is 0 Å². The van der Waals surface area contributed by atoms with E-state index in [1.54, 1.807) is 0 Å². The molecular formula is C17H27NO. The average molecular weight is 261 g/mol. The molecule has 2 N–H and O–H groups in total. The molecule has 0 saturated heterocycles. The van der Waals surface area contributed by atoms with E-state index >= 15 is 0 Å². The first-order valence-electron chi connectivity index (χ1n) is 7.65. The van der Waals surface area contributed by atoms with E-state index in [-0.39, 0.29) is 12.6 Å². The number of hydrogen-bond donors (Lipinski definition) is 2. The lowest BCUT2D eigenvalue weighted by atomic mass is 9.95. The van der Waals surface area contributed by atoms with Gasteiger partial charge in [-0.3, -0.25) is 0 Å². The first-order chi connectivity index (χ1) is 9.22. The summed E-state index contributed by atoms with van der Waals surface area (Å²) in [5.74, 6) is 0. The third-order valence-electron chi connectivity index (χ3n) is 4.37. The second-order valence-electron chi connectivity index (χ2n) is 5.90. The number of rotatable bonds is 4. The van der Waals surface area contributed by atoms with Crippen molar-refractivity contribution in [2.24, 2.45) is 0 Å². The zero-order chi connectivity index (χ0) is 13.7. The molecule has 2 heteroatoms. The van der Waals surface area contributed by atoms with Crippen LogP contribution in [0.3, 0.4) is 0 Å². The summed E-state index contributed by atoms with van der Waals surface area (Å²) in [7, 11) is 0. The predicted molar refractivity (Wildman–Crippen MR) is 80.4 cm³/mol. The molecule has 1 aromatic carbocycles. The smallest absolute Gasteiger partial charge is 0.0626 e. The number of nitrogens with one attached hydrogen (secondary N) is 1. The highest BCUT2D eigenvalue weighted by molar-refractivity contribution is 5.36. The summed E-state index contributed by atoms with van der Waals surface area (Å²) in [6.45, 7) is 4.46. The van der Waals surface area contributed by atoms with Crippen molar-refractivity contribution < 1.29 is 5.11 Å². The standard InChI is InChI=1S/C17H27NO/c1-13-8-7-9-14(2)17(13)16(12-19)18-15-10-5-3-4-6-11-15/h7-9,15-16,18-19H,3-6,10-12H2,1-2H3. The van der Waals surface area contributed by atoms with Crippen molar-refractivity contribution in [1.29, 1.82) is 0 Å². The monoisotopic (exact) mass is 261 g/mol. The molecule has 1 unspecified atom stereocenters. The fourth-order valence-corrected chi connectivity index (χ4v) is 3.33. The lowest BCUT2D eigenvalue weighted by Gasteiger charge is -2.26. The highest BCUT2D eigenvalue weighted by Gasteiger charge is 2.20. The molecule has 1 atom stereocenters. The van der Waals surface area contributed by atoms with Crippen LogP contribution in [-0.2, 0) is 0 Å². The van der Waals surface area contributed by atoms with Crippen molar-refractivity contribution in [3.63, 3.8) is 0 Å². The van der Waals surface area contributed by atoms with Crippen LogP contribution in [0.1, 0.15) is 61.3 Å². The van der Waals surface area contributed by atoms with E-state index < -0.39 is 0 Å². The largest absolute Gasteiger partial charge is 0.394 e. The molecule has 1 aliphatic rings. The summed E-state index contributed by atoms with van der Waals surface area (Å²) in [4.78, 5) is 0. The topological polar surface area (TPSA) is 32.3 Å². The van der Waals surface area contributed by atoms with Crippen LogP contribution in [0, 0.1) is 13.8 Å². The maximum Gasteiger partial charge on any atom is 0.0626 e. The zero-order valence-corrected chi connectivity index (χ0v) is 12.3. The second kappa shape index (κ2) is 7.06. The number of aliphatic hydroxyl groups is 1. The van der Waals surface area contributed by atoms with Gasteiger partial charge in [0.25, 0.3) is 0 Å². The van der Waals surface area contributed by atoms with Gasteiger partial charge in [-0.05, 0) is 43.4 Å². The van der Waals surface area contributed by atoms with Gasteiger partial charge in [-0.25, -0.2) is 0 Å². The predicted octanol–water partition coefficient (Wildman–Crippen LogP) is 3.65. The molecule has 2 rings (SSSR count). The van der Waals surface area contributed by atoms with E-state index in [9.17, 15) is 5.11 Å². The van der Waals surface area contributed by atoms with Gasteiger partial charge in [-0.2, -0.15) is 0 Å². The Balaban J connectivity index is 2.10. The minimum atomic E-state index is 0.0873. The number of benzene rings is 1. The van der Waals surface area contributed by atoms with Crippen molar-refractivity contribution in [3.8, 4) is 0 Å². The van der Waals surface area contributed by atoms with Gasteiger partial charge in [0.1, 0.15) is 0 Å². The van der Waals surface area contributed by atoms with Crippen LogP contribution in [0.2, 0.25) is 0 Å². The van der Waals surface area contributed by atoms with E-state index in [4.69, 9.17) is 0 Å². The van der Waals surface area contributed by atoms with Gasteiger partial charge >= 0.3 is 0 Å². The van der Waals surface area contributed by atoms with E-state index in [1.807, 2.05) is 0 Å². The Hall–Kier alpha value is -0.860. The third kappa shape index (κ3) is 3.80. The molecule has 1 aromatic rings. The van der Waals surface area contributed by atoms with Crippen LogP contribution < -0.4 is 5.32 Å². The second-order valence-corrected chi connectivity index (χ2v) is 5.90. The summed E-state index contributed by atoms with van der Waals surface area (Å²) in [6, 6.07) is 7.02. The lowest BCUT2D eigenvalue weighted by molar-refractivity contribution is 0.227. The fourth-order valence-electron chi connectivity index (χ4n) is 3.33. The van der Waals surface area contributed by atoms with Crippen LogP contribution in [0.4, 0.5) is 0 Å². The Morgan fingerprint density at radius 3 is 2.21 bits per heavy atom. The lowest BCUT2D eigenvalue weighted by Crippen LogP contribution is -2.35. The summed E-state index contributed by atoms with van der Waals surface area (Å²) in [5, 5.41) is 13.5. The zero-order valence-electron chi connectivity index (χ0n) is 12.3. The van der Waals surface area contributed by atoms with E-state index in [0.29, 0.717) is 6.04 Å². The number of aliphatic hydroxyl groups excluding tert-OH is 1. The van der Waals surface area contributed by atoms with Crippen LogP contribution in [0.25, 0.3) is 0 Å². The molecule has 0 spiro atoms. The molecule has 0 aliphatic heterocycles. The maximum atomic E-state index is 9.77. The van der Waals surface area contributed by atoms with Crippen molar-refractivity contribution >= 4 is 0 Å². The molecule has 0 heterocycles. The molecule has 0 amide bonds. The van der Waals surface area contributed by atoms with Gasteiger partial charge in [0.15, 0.2) is 0 Å². The van der Waals surface area contributed by atoms with Crippen LogP contribution in [0.15, 0.2) is 18.2 Å². The van der Waals surface area contributed by atoms with Gasteiger partial charge in [0, 0.05) is 6.04 Å². The van der Waals surface area contributed by atoms with Gasteiger partial charge in [0.05, 0.1) is 12.6 Å². The van der Waals surface area contributed by atoms with Crippen LogP contribution >= 0.6 is 0 Å². The highest BCUT2D eigenvalue weighted by atomic mass is 16.3. The van der Waals surface area contributed by atoms with Gasteiger partial charge in [-0.15, -0.1) is 0 Å². The maximum absolute atomic E-state index is 9.77. The molecule has 1 fully saturated rings. The fraction of sp³-hybridized carbons (Fsp3) is 0.647. The summed E-state index contributed by atoms with van der Waals surface area (Å²) < 4.78 is 0. The van der Waals surface area contributed by atoms with Crippen molar-refractivity contribution in [3.05, 3.63) is 34.9 Å². The number of hydrogen-bond acceptors (Lipinski definition) is 2. The van der Waals surface area contributed by atoms with E-state index in [1.165, 1.54) is 55.2 Å². The Morgan fingerprint density at radius 2 is 1.68 bits per heavy atom. The summed E-state index contributed by atoms with van der Waals surface area (Å²) in [5.41, 5.74) is 3.84. The summed E-state index contributed by atoms with van der Waals surface area (Å²) in [6.07, 6.45) is 7.88. The Morgan fingerprint density at radius 1 is 1.11 bits per heavy atom. The Kier molecular flexibility index (Phi) is 5.41. The molecule has 106 valence electrons. The van der Waals surface area contributed by atoms with Crippen LogP contribution in [-0.4, -0.2) is 17.8 Å². The van der Waals surface area contributed by atoms with Gasteiger partial charge < -0.3 is 10.4 Å². The third-order valence-corrected chi connectivity index (χ3v) is 4.37. The molecule has 0 radical (unpaired) electrons. The van der Waals surface area contributed by atoms with Crippen molar-refractivity contribution in [2.75, 3.05) is 6.61 Å². The average Bonchev–Trinajstić information content (AvgIpc) is 2.65. The molecular weight excluding hydrogens is 234 g/mol. The Labute approximate surface area is 117 Å². The van der Waals surface area contributed by atoms with Crippen molar-refractivity contribution in [1.82, 2.24) is 5.32 Å². The molecule has 0 aromatic heterocycles. The van der Waals surface area contributed by atoms with E-state index in [0.717, 1.165) is 0 Å². The summed E-state index contributed by atoms with van der Waals surface area (Å²) >= 11 is 0.